The van der Waals surface area contributed by atoms with E-state index < -0.39 is 105 Å². The largest absolute Gasteiger partial charge is 1.00 e. The fourth-order valence-corrected chi connectivity index (χ4v) is 7.95. The summed E-state index contributed by atoms with van der Waals surface area (Å²) in [5.74, 6) is -1.31. The number of nitrogens with zero attached hydrogens (tertiary/aromatic N) is 6. The first-order chi connectivity index (χ1) is 38.1. The van der Waals surface area contributed by atoms with Gasteiger partial charge in [0.2, 0.25) is 35.7 Å². The Labute approximate surface area is 514 Å². The van der Waals surface area contributed by atoms with Crippen molar-refractivity contribution in [1.82, 2.24) is 29.9 Å². The standard InChI is InChI=1S/C44H68N12O22S2.2Na/c57-9-13-77-17-15-75-11-7-45-39-51-41(47-21-29(61)35(65)37(67)31(63)23-59)55-43(53-39)49-27-5-3-25(33(19-27)79(69,70)71)1-2-26-4-6-28(20-34(26)80(72,73)74)50-44-54-40(46-8-12-76-16-18-78-14-10-58)52-42(56-44)48-22-30(62)36(66)38(68)32(64)24-60;;/h1-6,19-20,29-32,35-38,57-68H,7-18,21-24H2,(H,69,70,71)(H,72,73,74)(H3,45,47,49,51,53,55)(H3,46,48,50,52,54,56);;/q;2*+1/p-2/b2-1+;;. The molecular weight excluding hydrogens is 1160 g/mol. The van der Waals surface area contributed by atoms with Crippen LogP contribution in [0.15, 0.2) is 46.2 Å². The minimum atomic E-state index is -5.31. The number of anilines is 8. The van der Waals surface area contributed by atoms with Crippen molar-refractivity contribution in [2.45, 2.75) is 58.6 Å². The molecule has 4 aromatic rings. The molecule has 18 N–H and O–H groups in total. The summed E-state index contributed by atoms with van der Waals surface area (Å²) in [6, 6.07) is 6.71. The van der Waals surface area contributed by atoms with Crippen LogP contribution in [0.1, 0.15) is 11.1 Å². The molecule has 0 aliphatic heterocycles. The molecule has 0 saturated carbocycles. The van der Waals surface area contributed by atoms with Gasteiger partial charge in [0.15, 0.2) is 0 Å². The van der Waals surface area contributed by atoms with Crippen LogP contribution in [0.4, 0.5) is 47.1 Å². The Hall–Kier alpha value is -3.82. The van der Waals surface area contributed by atoms with E-state index in [9.17, 15) is 66.8 Å². The first-order valence-corrected chi connectivity index (χ1v) is 27.0. The van der Waals surface area contributed by atoms with Gasteiger partial charge in [-0.1, -0.05) is 24.3 Å². The van der Waals surface area contributed by atoms with Crippen LogP contribution in [0.5, 0.6) is 0 Å². The molecule has 4 rings (SSSR count). The molecule has 34 nitrogen and oxygen atoms in total. The predicted molar refractivity (Wildman–Crippen MR) is 278 cm³/mol. The van der Waals surface area contributed by atoms with Crippen LogP contribution in [0, 0.1) is 0 Å². The van der Waals surface area contributed by atoms with Gasteiger partial charge in [0.25, 0.3) is 0 Å². The van der Waals surface area contributed by atoms with E-state index >= 15 is 0 Å². The maximum absolute atomic E-state index is 12.7. The van der Waals surface area contributed by atoms with Crippen LogP contribution in [0.25, 0.3) is 12.2 Å². The molecule has 82 heavy (non-hydrogen) atoms. The van der Waals surface area contributed by atoms with Crippen molar-refractivity contribution in [2.24, 2.45) is 0 Å². The number of aromatic nitrogens is 6. The number of aliphatic hydroxyl groups excluding tert-OH is 12. The van der Waals surface area contributed by atoms with Crippen molar-refractivity contribution < 1.29 is 165 Å². The molecule has 8 atom stereocenters. The van der Waals surface area contributed by atoms with E-state index in [4.69, 9.17) is 39.4 Å². The Morgan fingerprint density at radius 3 is 1.06 bits per heavy atom. The number of hydrogen-bond donors (Lipinski definition) is 18. The number of rotatable bonds is 40. The molecule has 0 amide bonds. The average Bonchev–Trinajstić information content (AvgIpc) is 3.46. The summed E-state index contributed by atoms with van der Waals surface area (Å²) >= 11 is 0. The zero-order valence-corrected chi connectivity index (χ0v) is 50.1. The van der Waals surface area contributed by atoms with E-state index in [0.717, 1.165) is 36.4 Å². The Morgan fingerprint density at radius 2 is 0.744 bits per heavy atom. The van der Waals surface area contributed by atoms with Crippen LogP contribution >= 0.6 is 0 Å². The molecule has 0 bridgehead atoms. The van der Waals surface area contributed by atoms with Crippen LogP contribution in [0.3, 0.4) is 0 Å². The molecule has 0 fully saturated rings. The third kappa shape index (κ3) is 25.8. The van der Waals surface area contributed by atoms with Crippen molar-refractivity contribution in [2.75, 3.05) is 137 Å². The molecule has 0 aliphatic rings. The molecule has 448 valence electrons. The van der Waals surface area contributed by atoms with Gasteiger partial charge in [-0.05, 0) is 35.4 Å². The number of aliphatic hydroxyl groups is 12. The van der Waals surface area contributed by atoms with E-state index in [1.165, 1.54) is 12.1 Å². The second-order valence-corrected chi connectivity index (χ2v) is 19.4. The molecule has 2 aromatic carbocycles. The third-order valence-electron chi connectivity index (χ3n) is 10.7. The van der Waals surface area contributed by atoms with Gasteiger partial charge >= 0.3 is 59.1 Å². The summed E-state index contributed by atoms with van der Waals surface area (Å²) in [6.07, 6.45) is -12.7. The molecule has 0 saturated heterocycles. The molecule has 0 aliphatic carbocycles. The summed E-state index contributed by atoms with van der Waals surface area (Å²) in [5, 5.41) is 133. The minimum absolute atomic E-state index is 0. The van der Waals surface area contributed by atoms with E-state index in [-0.39, 0.29) is 196 Å². The first kappa shape index (κ1) is 74.3. The van der Waals surface area contributed by atoms with Gasteiger partial charge in [0.1, 0.15) is 56.9 Å². The summed E-state index contributed by atoms with van der Waals surface area (Å²) in [6.45, 7) is -1.78. The minimum Gasteiger partial charge on any atom is -0.744 e. The van der Waals surface area contributed by atoms with E-state index in [2.05, 4.69) is 61.8 Å². The summed E-state index contributed by atoms with van der Waals surface area (Å²) in [7, 11) is -10.6. The zero-order chi connectivity index (χ0) is 58.8. The van der Waals surface area contributed by atoms with Crippen LogP contribution < -0.4 is 91.0 Å². The summed E-state index contributed by atoms with van der Waals surface area (Å²) in [4.78, 5) is 23.5. The summed E-state index contributed by atoms with van der Waals surface area (Å²) < 4.78 is 97.2. The molecule has 0 radical (unpaired) electrons. The van der Waals surface area contributed by atoms with Crippen molar-refractivity contribution >= 4 is 79.5 Å². The van der Waals surface area contributed by atoms with E-state index in [1.54, 1.807) is 0 Å². The normalized spacial score (nSPS) is 14.8. The van der Waals surface area contributed by atoms with Gasteiger partial charge in [0, 0.05) is 37.6 Å². The first-order valence-electron chi connectivity index (χ1n) is 24.2. The van der Waals surface area contributed by atoms with Gasteiger partial charge in [-0.25, -0.2) is 16.8 Å². The van der Waals surface area contributed by atoms with Crippen molar-refractivity contribution in [1.29, 1.82) is 0 Å². The van der Waals surface area contributed by atoms with Crippen LogP contribution in [-0.4, -0.2) is 271 Å². The van der Waals surface area contributed by atoms with E-state index in [1.807, 2.05) is 0 Å². The maximum Gasteiger partial charge on any atom is 1.00 e. The average molecular weight is 1230 g/mol. The molecular formula is C44H66N12Na2O22S2. The molecule has 2 heterocycles. The Bertz CT molecular complexity index is 2590. The number of ether oxygens (including phenoxy) is 4. The Balaban J connectivity index is 0.0000115. The van der Waals surface area contributed by atoms with Gasteiger partial charge in [-0.2, -0.15) is 29.9 Å². The van der Waals surface area contributed by atoms with Gasteiger partial charge in [0.05, 0.1) is 101 Å². The smallest absolute Gasteiger partial charge is 0.744 e. The fourth-order valence-electron chi connectivity index (χ4n) is 6.55. The van der Waals surface area contributed by atoms with E-state index in [0.29, 0.717) is 0 Å². The second kappa shape index (κ2) is 38.3. The SMILES string of the molecule is O=S(=O)([O-])c1cc(Nc2nc(NCCOCCOCCO)nc(NCC(O)C(O)C(O)C(O)CO)n2)ccc1/C=C/c1ccc(Nc2nc(NCCOCCOCCO)nc(NCC(O)C(O)C(O)C(O)CO)n2)cc1S(=O)(=O)[O-].[Na+].[Na+]. The number of benzene rings is 2. The third-order valence-corrected chi connectivity index (χ3v) is 12.4. The van der Waals surface area contributed by atoms with Crippen molar-refractivity contribution in [3.8, 4) is 0 Å². The maximum atomic E-state index is 12.7. The quantitative estimate of drug-likeness (QED) is 0.00851. The molecule has 0 spiro atoms. The van der Waals surface area contributed by atoms with Gasteiger partial charge < -0.3 is 121 Å². The number of hydrogen-bond acceptors (Lipinski definition) is 34. The van der Waals surface area contributed by atoms with Crippen LogP contribution in [-0.2, 0) is 39.2 Å². The van der Waals surface area contributed by atoms with Crippen molar-refractivity contribution in [3.63, 3.8) is 0 Å². The zero-order valence-electron chi connectivity index (χ0n) is 44.5. The summed E-state index contributed by atoms with van der Waals surface area (Å²) in [5.41, 5.74) is -0.718. The van der Waals surface area contributed by atoms with Gasteiger partial charge in [-0.15, -0.1) is 0 Å². The predicted octanol–water partition coefficient (Wildman–Crippen LogP) is -11.9. The number of nitrogens with one attached hydrogen (secondary N) is 6. The topological polar surface area (TPSA) is 544 Å². The fraction of sp³-hybridized carbons (Fsp3) is 0.545. The molecule has 38 heteroatoms. The Kier molecular flexibility index (Phi) is 34.7. The monoisotopic (exact) mass is 1220 g/mol. The molecule has 2 aromatic heterocycles. The Morgan fingerprint density at radius 1 is 0.439 bits per heavy atom. The van der Waals surface area contributed by atoms with Gasteiger partial charge in [-0.3, -0.25) is 0 Å². The second-order valence-electron chi connectivity index (χ2n) is 16.7. The molecule has 8 unspecified atom stereocenters. The van der Waals surface area contributed by atoms with Crippen molar-refractivity contribution in [3.05, 3.63) is 47.5 Å². The van der Waals surface area contributed by atoms with Crippen LogP contribution in [0.2, 0.25) is 0 Å².